The topological polar surface area (TPSA) is 127 Å². The minimum Gasteiger partial charge on any atom is -0.455 e. The van der Waals surface area contributed by atoms with Gasteiger partial charge in [0.15, 0.2) is 5.60 Å². The molecule has 0 spiro atoms. The number of rotatable bonds is 4. The smallest absolute Gasteiger partial charge is 0.338 e. The Morgan fingerprint density at radius 2 is 1.63 bits per heavy atom. The van der Waals surface area contributed by atoms with Crippen LogP contribution in [-0.2, 0) is 29.7 Å². The molecule has 8 rings (SSSR count). The summed E-state index contributed by atoms with van der Waals surface area (Å²) in [5, 5.41) is 35.9. The van der Waals surface area contributed by atoms with Gasteiger partial charge >= 0.3 is 11.9 Å². The van der Waals surface area contributed by atoms with Gasteiger partial charge in [0.2, 0.25) is 0 Å². The molecule has 6 aliphatic rings. The van der Waals surface area contributed by atoms with Gasteiger partial charge in [-0.25, -0.2) is 4.79 Å². The van der Waals surface area contributed by atoms with Crippen LogP contribution < -0.4 is 0 Å². The summed E-state index contributed by atoms with van der Waals surface area (Å²) in [6.07, 6.45) is -4.61. The fraction of sp³-hybridized carbons (Fsp3) is 0.559. The molecule has 3 aliphatic carbocycles. The van der Waals surface area contributed by atoms with Crippen LogP contribution in [0.25, 0.3) is 0 Å². The van der Waals surface area contributed by atoms with Gasteiger partial charge in [-0.1, -0.05) is 69.0 Å². The molecule has 2 aromatic carbocycles. The van der Waals surface area contributed by atoms with E-state index in [0.717, 1.165) is 0 Å². The van der Waals surface area contributed by atoms with Gasteiger partial charge in [0.25, 0.3) is 0 Å². The maximum Gasteiger partial charge on any atom is 0.338 e. The lowest BCUT2D eigenvalue weighted by atomic mass is 9.52. The van der Waals surface area contributed by atoms with E-state index < -0.39 is 82.6 Å². The Morgan fingerprint density at radius 3 is 2.28 bits per heavy atom. The fourth-order valence-electron chi connectivity index (χ4n) is 9.67. The predicted octanol–water partition coefficient (Wildman–Crippen LogP) is 3.07. The van der Waals surface area contributed by atoms with Crippen molar-refractivity contribution in [1.82, 2.24) is 0 Å². The molecule has 228 valence electrons. The molecule has 9 nitrogen and oxygen atoms in total. The quantitative estimate of drug-likeness (QED) is 0.280. The third-order valence-electron chi connectivity index (χ3n) is 11.7. The molecule has 9 heteroatoms. The van der Waals surface area contributed by atoms with Crippen molar-refractivity contribution in [2.24, 2.45) is 23.7 Å². The maximum absolute atomic E-state index is 13.7. The summed E-state index contributed by atoms with van der Waals surface area (Å²) >= 11 is 0. The lowest BCUT2D eigenvalue weighted by Gasteiger charge is -2.62. The van der Waals surface area contributed by atoms with Crippen LogP contribution in [0.5, 0.6) is 0 Å². The van der Waals surface area contributed by atoms with E-state index in [9.17, 15) is 20.1 Å². The zero-order valence-electron chi connectivity index (χ0n) is 24.7. The van der Waals surface area contributed by atoms with E-state index in [-0.39, 0.29) is 5.92 Å². The summed E-state index contributed by atoms with van der Waals surface area (Å²) in [6.45, 7) is 11.8. The number of fused-ring (bicyclic) bond motifs is 3. The summed E-state index contributed by atoms with van der Waals surface area (Å²) in [6, 6.07) is 18.0. The normalized spacial score (nSPS) is 52.0. The van der Waals surface area contributed by atoms with Crippen LogP contribution in [0.15, 0.2) is 72.8 Å². The van der Waals surface area contributed by atoms with E-state index in [1.807, 2.05) is 57.2 Å². The van der Waals surface area contributed by atoms with E-state index in [4.69, 9.17) is 23.7 Å². The van der Waals surface area contributed by atoms with Gasteiger partial charge in [-0.15, -0.1) is 0 Å². The fourth-order valence-corrected chi connectivity index (χ4v) is 9.67. The molecule has 3 N–H and O–H groups in total. The Hall–Kier alpha value is -2.63. The lowest BCUT2D eigenvalue weighted by molar-refractivity contribution is -0.444. The summed E-state index contributed by atoms with van der Waals surface area (Å²) in [7, 11) is 0. The first kappa shape index (κ1) is 27.9. The molecule has 43 heavy (non-hydrogen) atoms. The Balaban J connectivity index is 1.39. The minimum absolute atomic E-state index is 0.357. The molecule has 3 saturated heterocycles. The second-order valence-corrected chi connectivity index (χ2v) is 13.8. The molecular formula is C34H38O9. The van der Waals surface area contributed by atoms with Gasteiger partial charge in [0.05, 0.1) is 23.4 Å². The highest BCUT2D eigenvalue weighted by molar-refractivity contribution is 5.89. The van der Waals surface area contributed by atoms with Gasteiger partial charge in [-0.3, -0.25) is 0 Å². The number of ether oxygens (including phenoxy) is 5. The average Bonchev–Trinajstić information content (AvgIpc) is 3.55. The second kappa shape index (κ2) is 8.54. The molecule has 3 saturated carbocycles. The molecule has 2 aromatic rings. The average molecular weight is 591 g/mol. The number of esters is 1. The number of hydrogen-bond acceptors (Lipinski definition) is 9. The van der Waals surface area contributed by atoms with E-state index in [2.05, 4.69) is 6.58 Å². The predicted molar refractivity (Wildman–Crippen MR) is 151 cm³/mol. The number of carbonyl (C=O) groups is 1. The molecule has 6 fully saturated rings. The number of carbonyl (C=O) groups excluding carboxylic acids is 1. The molecule has 0 radical (unpaired) electrons. The number of hydrogen-bond donors (Lipinski definition) is 3. The van der Waals surface area contributed by atoms with E-state index >= 15 is 0 Å². The molecule has 3 bridgehead atoms. The van der Waals surface area contributed by atoms with Crippen molar-refractivity contribution in [3.05, 3.63) is 83.9 Å². The highest BCUT2D eigenvalue weighted by Gasteiger charge is 2.90. The van der Waals surface area contributed by atoms with Crippen LogP contribution in [0.2, 0.25) is 0 Å². The Morgan fingerprint density at radius 1 is 0.977 bits per heavy atom. The monoisotopic (exact) mass is 590 g/mol. The lowest BCUT2D eigenvalue weighted by Crippen LogP contribution is -2.76. The SMILES string of the molecule is C=C(C)[C@@]12O[C@@]3(c4ccccc4)O[C@@H]1[C@@H]1[C@@H]4O[C@]4(C)[C@@H](O)[C@@]4(O)[C@@H](C[C@H](C)[C@@H]4O)[C@@]1(O3)[C@H](C)[C@@H]2OC(=O)c1ccccc1. The van der Waals surface area contributed by atoms with Crippen molar-refractivity contribution in [2.75, 3.05) is 0 Å². The summed E-state index contributed by atoms with van der Waals surface area (Å²) in [4.78, 5) is 13.7. The van der Waals surface area contributed by atoms with Crippen LogP contribution in [0.4, 0.5) is 0 Å². The number of benzene rings is 2. The number of aliphatic hydroxyl groups is 3. The first-order chi connectivity index (χ1) is 20.4. The van der Waals surface area contributed by atoms with Crippen molar-refractivity contribution in [1.29, 1.82) is 0 Å². The van der Waals surface area contributed by atoms with Crippen LogP contribution in [-0.4, -0.2) is 74.2 Å². The van der Waals surface area contributed by atoms with Gasteiger partial charge in [0, 0.05) is 23.3 Å². The highest BCUT2D eigenvalue weighted by atomic mass is 16.9. The van der Waals surface area contributed by atoms with Crippen molar-refractivity contribution in [3.63, 3.8) is 0 Å². The van der Waals surface area contributed by atoms with Crippen molar-refractivity contribution in [3.8, 4) is 0 Å². The van der Waals surface area contributed by atoms with Crippen LogP contribution in [0, 0.1) is 23.7 Å². The van der Waals surface area contributed by atoms with Gasteiger partial charge in [0.1, 0.15) is 29.5 Å². The summed E-state index contributed by atoms with van der Waals surface area (Å²) in [5.41, 5.74) is -4.23. The Kier molecular flexibility index (Phi) is 5.54. The zero-order chi connectivity index (χ0) is 30.3. The van der Waals surface area contributed by atoms with E-state index in [1.54, 1.807) is 31.2 Å². The summed E-state index contributed by atoms with van der Waals surface area (Å²) < 4.78 is 33.9. The molecule has 0 aromatic heterocycles. The molecule has 14 atom stereocenters. The molecule has 3 aliphatic heterocycles. The van der Waals surface area contributed by atoms with Crippen LogP contribution in [0.3, 0.4) is 0 Å². The van der Waals surface area contributed by atoms with Crippen molar-refractivity contribution in [2.45, 2.75) is 93.0 Å². The van der Waals surface area contributed by atoms with E-state index in [1.165, 1.54) is 0 Å². The third kappa shape index (κ3) is 3.09. The Labute approximate surface area is 250 Å². The first-order valence-electron chi connectivity index (χ1n) is 15.2. The molecule has 0 unspecified atom stereocenters. The molecule has 3 heterocycles. The molecule has 0 amide bonds. The minimum atomic E-state index is -1.97. The van der Waals surface area contributed by atoms with Crippen molar-refractivity contribution >= 4 is 5.97 Å². The highest BCUT2D eigenvalue weighted by Crippen LogP contribution is 2.75. The van der Waals surface area contributed by atoms with Crippen LogP contribution in [0.1, 0.15) is 50.0 Å². The molecular weight excluding hydrogens is 552 g/mol. The van der Waals surface area contributed by atoms with Gasteiger partial charge < -0.3 is 39.0 Å². The third-order valence-corrected chi connectivity index (χ3v) is 11.7. The second-order valence-electron chi connectivity index (χ2n) is 13.8. The first-order valence-corrected chi connectivity index (χ1v) is 15.2. The zero-order valence-corrected chi connectivity index (χ0v) is 24.7. The van der Waals surface area contributed by atoms with Crippen molar-refractivity contribution < 1.29 is 43.8 Å². The Bertz CT molecular complexity index is 1500. The van der Waals surface area contributed by atoms with E-state index in [0.29, 0.717) is 23.1 Å². The number of epoxide rings is 1. The number of aliphatic hydroxyl groups excluding tert-OH is 2. The maximum atomic E-state index is 13.7. The van der Waals surface area contributed by atoms with Crippen LogP contribution >= 0.6 is 0 Å². The largest absolute Gasteiger partial charge is 0.455 e. The standard InChI is InChI=1S/C34H38O9/c1-17(2)32-25(39-28(36)20-12-8-6-9-13-20)19(4)33-22-16-18(3)24(35)31(22,38)29(37)30(5)26(40-30)23(33)27(32)41-34(42-32,43-33)21-14-10-7-11-15-21/h6-15,18-19,22-27,29,35,37-38H,1,16H2,2-5H3/t18-,19+,22+,23-,24-,25-,26-,27+,29+,30-,31+,32-,33-,34+/m0/s1. The van der Waals surface area contributed by atoms with Gasteiger partial charge in [-0.05, 0) is 43.9 Å². The van der Waals surface area contributed by atoms with Gasteiger partial charge in [-0.2, -0.15) is 0 Å². The summed E-state index contributed by atoms with van der Waals surface area (Å²) in [5.74, 6) is -4.57.